The summed E-state index contributed by atoms with van der Waals surface area (Å²) in [5.41, 5.74) is 0.974. The minimum absolute atomic E-state index is 0.0300. The molecule has 0 fully saturated rings. The maximum absolute atomic E-state index is 13.1. The Hall–Kier alpha value is -3.48. The van der Waals surface area contributed by atoms with Crippen LogP contribution in [-0.2, 0) is 0 Å². The maximum Gasteiger partial charge on any atom is 0.259 e. The number of aromatic carboxylic acids is 1. The Bertz CT molecular complexity index is 1040. The predicted octanol–water partition coefficient (Wildman–Crippen LogP) is 2.65. The molecule has 0 radical (unpaired) electrons. The fourth-order valence-corrected chi connectivity index (χ4v) is 2.46. The van der Waals surface area contributed by atoms with E-state index in [4.69, 9.17) is 8.94 Å². The van der Waals surface area contributed by atoms with Gasteiger partial charge in [-0.3, -0.25) is 0 Å². The summed E-state index contributed by atoms with van der Waals surface area (Å²) in [5, 5.41) is 15.6. The van der Waals surface area contributed by atoms with Gasteiger partial charge in [0, 0.05) is 11.1 Å². The maximum atomic E-state index is 13.1. The van der Waals surface area contributed by atoms with Crippen molar-refractivity contribution in [3.05, 3.63) is 60.1 Å². The van der Waals surface area contributed by atoms with E-state index in [0.717, 1.165) is 0 Å². The third-order valence-electron chi connectivity index (χ3n) is 3.56. The third kappa shape index (κ3) is 2.23. The van der Waals surface area contributed by atoms with Gasteiger partial charge in [0.15, 0.2) is 11.5 Å². The summed E-state index contributed by atoms with van der Waals surface area (Å²) in [6.45, 7) is 0. The normalized spacial score (nSPS) is 11.0. The second-order valence-corrected chi connectivity index (χ2v) is 5.04. The van der Waals surface area contributed by atoms with Crippen molar-refractivity contribution in [2.24, 2.45) is 0 Å². The van der Waals surface area contributed by atoms with Gasteiger partial charge in [0.2, 0.25) is 0 Å². The van der Waals surface area contributed by atoms with Gasteiger partial charge in [-0.1, -0.05) is 5.16 Å². The number of carboxylic acid groups (broad SMARTS) is 1. The van der Waals surface area contributed by atoms with Crippen molar-refractivity contribution in [3.63, 3.8) is 0 Å². The number of nitrogens with zero attached hydrogens (tertiary/aromatic N) is 2. The number of carbonyl (C=O) groups is 1. The minimum Gasteiger partial charge on any atom is -0.545 e. The van der Waals surface area contributed by atoms with E-state index in [2.05, 4.69) is 10.1 Å². The topological polar surface area (TPSA) is 92.2 Å². The lowest BCUT2D eigenvalue weighted by Crippen LogP contribution is -2.22. The summed E-state index contributed by atoms with van der Waals surface area (Å²) >= 11 is 0. The molecule has 0 bridgehead atoms. The summed E-state index contributed by atoms with van der Waals surface area (Å²) in [6.07, 6.45) is 1.44. The zero-order chi connectivity index (χ0) is 16.7. The van der Waals surface area contributed by atoms with Crippen LogP contribution in [0.4, 0.5) is 4.39 Å². The van der Waals surface area contributed by atoms with Crippen LogP contribution < -0.4 is 5.11 Å². The van der Waals surface area contributed by atoms with Crippen LogP contribution in [0.1, 0.15) is 10.4 Å². The van der Waals surface area contributed by atoms with Crippen LogP contribution in [0.5, 0.6) is 0 Å². The molecular formula is C17H8FN2O4-. The number of hydrogen-bond acceptors (Lipinski definition) is 6. The zero-order valence-corrected chi connectivity index (χ0v) is 12.0. The Morgan fingerprint density at radius 3 is 2.62 bits per heavy atom. The van der Waals surface area contributed by atoms with Gasteiger partial charge in [-0.2, -0.15) is 0 Å². The van der Waals surface area contributed by atoms with E-state index in [1.807, 2.05) is 0 Å². The fraction of sp³-hybridized carbons (Fsp3) is 0. The number of hydrogen-bond donors (Lipinski definition) is 0. The average Bonchev–Trinajstić information content (AvgIpc) is 3.23. The first-order chi connectivity index (χ1) is 11.6. The molecule has 0 aliphatic carbocycles. The molecule has 0 saturated carbocycles. The highest BCUT2D eigenvalue weighted by Crippen LogP contribution is 2.32. The predicted molar refractivity (Wildman–Crippen MR) is 79.2 cm³/mol. The quantitative estimate of drug-likeness (QED) is 0.575. The van der Waals surface area contributed by atoms with Gasteiger partial charge >= 0.3 is 0 Å². The molecule has 0 aliphatic heterocycles. The summed E-state index contributed by atoms with van der Waals surface area (Å²) in [5.74, 6) is -1.45. The molecule has 0 amide bonds. The lowest BCUT2D eigenvalue weighted by atomic mass is 10.0. The molecule has 3 heterocycles. The number of furan rings is 1. The molecule has 6 nitrogen and oxygen atoms in total. The number of halogens is 1. The Labute approximate surface area is 134 Å². The molecular weight excluding hydrogens is 315 g/mol. The van der Waals surface area contributed by atoms with Crippen molar-refractivity contribution in [2.45, 2.75) is 0 Å². The third-order valence-corrected chi connectivity index (χ3v) is 3.56. The van der Waals surface area contributed by atoms with Crippen molar-refractivity contribution in [3.8, 4) is 22.7 Å². The molecule has 4 aromatic rings. The van der Waals surface area contributed by atoms with Crippen LogP contribution in [0.3, 0.4) is 0 Å². The van der Waals surface area contributed by atoms with Crippen molar-refractivity contribution < 1.29 is 23.2 Å². The molecule has 0 aliphatic rings. The molecule has 0 N–H and O–H groups in total. The molecule has 4 rings (SSSR count). The molecule has 118 valence electrons. The Morgan fingerprint density at radius 1 is 1.17 bits per heavy atom. The second-order valence-electron chi connectivity index (χ2n) is 5.04. The lowest BCUT2D eigenvalue weighted by molar-refractivity contribution is -0.254. The highest BCUT2D eigenvalue weighted by atomic mass is 19.1. The monoisotopic (exact) mass is 323 g/mol. The minimum atomic E-state index is -1.40. The van der Waals surface area contributed by atoms with E-state index in [0.29, 0.717) is 17.0 Å². The highest BCUT2D eigenvalue weighted by molar-refractivity contribution is 6.06. The summed E-state index contributed by atoms with van der Waals surface area (Å²) < 4.78 is 23.5. The number of benzene rings is 1. The van der Waals surface area contributed by atoms with Crippen LogP contribution >= 0.6 is 0 Å². The molecule has 0 saturated heterocycles. The molecule has 3 aromatic heterocycles. The van der Waals surface area contributed by atoms with E-state index in [-0.39, 0.29) is 22.4 Å². The van der Waals surface area contributed by atoms with Gasteiger partial charge in [-0.05, 0) is 42.5 Å². The van der Waals surface area contributed by atoms with Crippen molar-refractivity contribution in [1.29, 1.82) is 0 Å². The van der Waals surface area contributed by atoms with Gasteiger partial charge < -0.3 is 18.8 Å². The van der Waals surface area contributed by atoms with E-state index < -0.39 is 11.8 Å². The van der Waals surface area contributed by atoms with E-state index >= 15 is 0 Å². The molecule has 24 heavy (non-hydrogen) atoms. The smallest absolute Gasteiger partial charge is 0.259 e. The average molecular weight is 323 g/mol. The van der Waals surface area contributed by atoms with E-state index in [9.17, 15) is 14.3 Å². The first kappa shape index (κ1) is 14.1. The van der Waals surface area contributed by atoms with Gasteiger partial charge in [-0.15, -0.1) is 0 Å². The van der Waals surface area contributed by atoms with Crippen LogP contribution in [0.25, 0.3) is 33.8 Å². The van der Waals surface area contributed by atoms with Gasteiger partial charge in [0.05, 0.1) is 23.3 Å². The zero-order valence-electron chi connectivity index (χ0n) is 12.0. The Balaban J connectivity index is 1.97. The van der Waals surface area contributed by atoms with Crippen LogP contribution in [-0.4, -0.2) is 16.1 Å². The molecule has 0 spiro atoms. The van der Waals surface area contributed by atoms with Crippen LogP contribution in [0.2, 0.25) is 0 Å². The number of rotatable bonds is 3. The van der Waals surface area contributed by atoms with E-state index in [1.54, 1.807) is 12.1 Å². The largest absolute Gasteiger partial charge is 0.545 e. The van der Waals surface area contributed by atoms with Crippen LogP contribution in [0.15, 0.2) is 57.7 Å². The first-order valence-electron chi connectivity index (χ1n) is 6.95. The molecule has 1 aromatic carbocycles. The van der Waals surface area contributed by atoms with Crippen LogP contribution in [0, 0.1) is 5.82 Å². The Morgan fingerprint density at radius 2 is 1.96 bits per heavy atom. The van der Waals surface area contributed by atoms with Crippen molar-refractivity contribution in [1.82, 2.24) is 10.1 Å². The number of carboxylic acids is 1. The number of fused-ring (bicyclic) bond motifs is 1. The fourth-order valence-electron chi connectivity index (χ4n) is 2.46. The standard InChI is InChI=1S/C17H9FN2O4/c18-10-5-3-9(4-6-10)12-8-11(17(21)22)14-15(13-2-1-7-23-13)20-24-16(14)19-12/h1-8H,(H,21,22)/p-1. The molecule has 0 unspecified atom stereocenters. The second kappa shape index (κ2) is 5.31. The van der Waals surface area contributed by atoms with E-state index in [1.165, 1.54) is 36.6 Å². The first-order valence-corrected chi connectivity index (χ1v) is 6.95. The van der Waals surface area contributed by atoms with Crippen molar-refractivity contribution in [2.75, 3.05) is 0 Å². The SMILES string of the molecule is O=C([O-])c1cc(-c2ccc(F)cc2)nc2onc(-c3ccco3)c12. The number of pyridine rings is 1. The summed E-state index contributed by atoms with van der Waals surface area (Å²) in [6, 6.07) is 10.1. The van der Waals surface area contributed by atoms with Gasteiger partial charge in [0.1, 0.15) is 5.82 Å². The molecule has 0 atom stereocenters. The van der Waals surface area contributed by atoms with Crippen molar-refractivity contribution >= 4 is 17.1 Å². The van der Waals surface area contributed by atoms with Gasteiger partial charge in [-0.25, -0.2) is 9.37 Å². The number of aromatic nitrogens is 2. The molecule has 7 heteroatoms. The Kier molecular flexibility index (Phi) is 3.13. The summed E-state index contributed by atoms with van der Waals surface area (Å²) in [7, 11) is 0. The number of carbonyl (C=O) groups excluding carboxylic acids is 1. The van der Waals surface area contributed by atoms with Gasteiger partial charge in [0.25, 0.3) is 5.71 Å². The lowest BCUT2D eigenvalue weighted by Gasteiger charge is -2.07. The summed E-state index contributed by atoms with van der Waals surface area (Å²) in [4.78, 5) is 15.8. The highest BCUT2D eigenvalue weighted by Gasteiger charge is 2.20.